The largest absolute Gasteiger partial charge is 0.481 e. The van der Waals surface area contributed by atoms with Crippen molar-refractivity contribution in [1.82, 2.24) is 4.90 Å². The fourth-order valence-electron chi connectivity index (χ4n) is 3.60. The lowest BCUT2D eigenvalue weighted by molar-refractivity contribution is -0.153. The molecule has 0 bridgehead atoms. The molecule has 0 aromatic rings. The van der Waals surface area contributed by atoms with Gasteiger partial charge < -0.3 is 15.7 Å². The average molecular weight is 296 g/mol. The van der Waals surface area contributed by atoms with E-state index in [9.17, 15) is 19.5 Å². The van der Waals surface area contributed by atoms with Crippen LogP contribution in [0.2, 0.25) is 0 Å². The molecule has 0 aromatic carbocycles. The highest BCUT2D eigenvalue weighted by Crippen LogP contribution is 2.33. The summed E-state index contributed by atoms with van der Waals surface area (Å²) in [5, 5.41) is 9.27. The molecule has 6 heteroatoms. The zero-order valence-corrected chi connectivity index (χ0v) is 12.3. The van der Waals surface area contributed by atoms with Crippen LogP contribution in [0.1, 0.15) is 44.9 Å². The minimum atomic E-state index is -0.850. The van der Waals surface area contributed by atoms with Crippen molar-refractivity contribution < 1.29 is 19.5 Å². The highest BCUT2D eigenvalue weighted by atomic mass is 16.4. The molecule has 21 heavy (non-hydrogen) atoms. The summed E-state index contributed by atoms with van der Waals surface area (Å²) in [6, 6.07) is 0. The van der Waals surface area contributed by atoms with Gasteiger partial charge in [-0.1, -0.05) is 12.8 Å². The summed E-state index contributed by atoms with van der Waals surface area (Å²) in [6.07, 6.45) is 5.03. The quantitative estimate of drug-likeness (QED) is 0.807. The van der Waals surface area contributed by atoms with E-state index >= 15 is 0 Å². The van der Waals surface area contributed by atoms with Crippen molar-refractivity contribution in [3.63, 3.8) is 0 Å². The van der Waals surface area contributed by atoms with Crippen LogP contribution in [0, 0.1) is 17.8 Å². The molecule has 0 unspecified atom stereocenters. The lowest BCUT2D eigenvalue weighted by atomic mass is 9.78. The van der Waals surface area contributed by atoms with Crippen LogP contribution in [0.25, 0.3) is 0 Å². The van der Waals surface area contributed by atoms with Crippen LogP contribution >= 0.6 is 0 Å². The van der Waals surface area contributed by atoms with E-state index in [-0.39, 0.29) is 23.7 Å². The normalized spacial score (nSPS) is 27.3. The molecule has 1 heterocycles. The third kappa shape index (κ3) is 3.95. The molecular formula is C15H24N2O4. The molecule has 2 atom stereocenters. The van der Waals surface area contributed by atoms with Crippen LogP contribution in [-0.2, 0) is 14.4 Å². The molecule has 2 amide bonds. The fraction of sp³-hybridized carbons (Fsp3) is 0.800. The van der Waals surface area contributed by atoms with E-state index in [1.165, 1.54) is 0 Å². The minimum Gasteiger partial charge on any atom is -0.481 e. The summed E-state index contributed by atoms with van der Waals surface area (Å²) in [4.78, 5) is 36.6. The molecule has 6 nitrogen and oxygen atoms in total. The van der Waals surface area contributed by atoms with Crippen molar-refractivity contribution in [2.45, 2.75) is 44.9 Å². The first-order valence-electron chi connectivity index (χ1n) is 7.79. The van der Waals surface area contributed by atoms with Crippen molar-refractivity contribution in [2.75, 3.05) is 13.1 Å². The van der Waals surface area contributed by atoms with Gasteiger partial charge in [-0.25, -0.2) is 0 Å². The van der Waals surface area contributed by atoms with Gasteiger partial charge in [0, 0.05) is 19.5 Å². The van der Waals surface area contributed by atoms with Gasteiger partial charge >= 0.3 is 5.97 Å². The summed E-state index contributed by atoms with van der Waals surface area (Å²) in [5.41, 5.74) is 5.20. The topological polar surface area (TPSA) is 101 Å². The number of amides is 2. The van der Waals surface area contributed by atoms with Crippen LogP contribution in [0.5, 0.6) is 0 Å². The number of carbonyl (C=O) groups excluding carboxylic acids is 2. The van der Waals surface area contributed by atoms with Crippen LogP contribution in [-0.4, -0.2) is 40.9 Å². The standard InChI is InChI=1S/C15H24N2O4/c16-13(18)9-10-5-7-17(8-6-10)14(19)11-3-1-2-4-12(11)15(20)21/h10-12H,1-9H2,(H2,16,18)(H,20,21)/t11-,12+/m1/s1. The van der Waals surface area contributed by atoms with Gasteiger partial charge in [0.1, 0.15) is 0 Å². The summed E-state index contributed by atoms with van der Waals surface area (Å²) >= 11 is 0. The second kappa shape index (κ2) is 6.91. The molecule has 3 N–H and O–H groups in total. The Labute approximate surface area is 124 Å². The number of carboxylic acids is 1. The molecule has 118 valence electrons. The van der Waals surface area contributed by atoms with Crippen molar-refractivity contribution in [3.8, 4) is 0 Å². The number of likely N-dealkylation sites (tertiary alicyclic amines) is 1. The van der Waals surface area contributed by atoms with Crippen molar-refractivity contribution >= 4 is 17.8 Å². The maximum Gasteiger partial charge on any atom is 0.307 e. The molecule has 0 aromatic heterocycles. The predicted molar refractivity (Wildman–Crippen MR) is 76.2 cm³/mol. The Balaban J connectivity index is 1.91. The molecular weight excluding hydrogens is 272 g/mol. The van der Waals surface area contributed by atoms with Crippen LogP contribution in [0.15, 0.2) is 0 Å². The summed E-state index contributed by atoms with van der Waals surface area (Å²) in [7, 11) is 0. The van der Waals surface area contributed by atoms with Gasteiger partial charge in [-0.05, 0) is 31.6 Å². The number of nitrogens with zero attached hydrogens (tertiary/aromatic N) is 1. The van der Waals surface area contributed by atoms with Gasteiger partial charge in [0.05, 0.1) is 11.8 Å². The average Bonchev–Trinajstić information content (AvgIpc) is 2.46. The van der Waals surface area contributed by atoms with Crippen LogP contribution < -0.4 is 5.73 Å². The second-order valence-corrected chi connectivity index (χ2v) is 6.27. The molecule has 0 spiro atoms. The SMILES string of the molecule is NC(=O)CC1CCN(C(=O)[C@@H]2CCCC[C@@H]2C(=O)O)CC1. The molecule has 1 aliphatic carbocycles. The number of aliphatic carboxylic acids is 1. The zero-order valence-electron chi connectivity index (χ0n) is 12.3. The Morgan fingerprint density at radius 2 is 1.57 bits per heavy atom. The Bertz CT molecular complexity index is 416. The molecule has 1 aliphatic heterocycles. The number of hydrogen-bond donors (Lipinski definition) is 2. The lowest BCUT2D eigenvalue weighted by Gasteiger charge is -2.36. The van der Waals surface area contributed by atoms with Gasteiger partial charge in [-0.15, -0.1) is 0 Å². The smallest absolute Gasteiger partial charge is 0.307 e. The van der Waals surface area contributed by atoms with Gasteiger partial charge in [0.15, 0.2) is 0 Å². The van der Waals surface area contributed by atoms with Crippen molar-refractivity contribution in [3.05, 3.63) is 0 Å². The van der Waals surface area contributed by atoms with E-state index < -0.39 is 11.9 Å². The number of carboxylic acid groups (broad SMARTS) is 1. The zero-order chi connectivity index (χ0) is 15.4. The summed E-state index contributed by atoms with van der Waals surface area (Å²) in [6.45, 7) is 1.22. The number of nitrogens with two attached hydrogens (primary N) is 1. The summed E-state index contributed by atoms with van der Waals surface area (Å²) in [5.74, 6) is -1.80. The Kier molecular flexibility index (Phi) is 5.20. The molecule has 2 rings (SSSR count). The first kappa shape index (κ1) is 15.8. The number of rotatable bonds is 4. The van der Waals surface area contributed by atoms with Crippen LogP contribution in [0.3, 0.4) is 0 Å². The van der Waals surface area contributed by atoms with E-state index in [1.807, 2.05) is 0 Å². The van der Waals surface area contributed by atoms with Gasteiger partial charge in [0.2, 0.25) is 11.8 Å². The van der Waals surface area contributed by atoms with E-state index in [1.54, 1.807) is 4.90 Å². The Hall–Kier alpha value is -1.59. The predicted octanol–water partition coefficient (Wildman–Crippen LogP) is 0.991. The van der Waals surface area contributed by atoms with E-state index in [0.29, 0.717) is 32.4 Å². The minimum absolute atomic E-state index is 0.0142. The summed E-state index contributed by atoms with van der Waals surface area (Å²) < 4.78 is 0. The van der Waals surface area contributed by atoms with Crippen LogP contribution in [0.4, 0.5) is 0 Å². The highest BCUT2D eigenvalue weighted by Gasteiger charge is 2.38. The monoisotopic (exact) mass is 296 g/mol. The maximum absolute atomic E-state index is 12.6. The van der Waals surface area contributed by atoms with Gasteiger partial charge in [-0.2, -0.15) is 0 Å². The molecule has 1 saturated carbocycles. The van der Waals surface area contributed by atoms with Gasteiger partial charge in [0.25, 0.3) is 0 Å². The van der Waals surface area contributed by atoms with E-state index in [0.717, 1.165) is 25.7 Å². The number of primary amides is 1. The first-order chi connectivity index (χ1) is 9.99. The van der Waals surface area contributed by atoms with E-state index in [4.69, 9.17) is 5.73 Å². The molecule has 1 saturated heterocycles. The highest BCUT2D eigenvalue weighted by molar-refractivity contribution is 5.85. The second-order valence-electron chi connectivity index (χ2n) is 6.27. The molecule has 0 radical (unpaired) electrons. The third-order valence-corrected chi connectivity index (χ3v) is 4.82. The fourth-order valence-corrected chi connectivity index (χ4v) is 3.60. The number of hydrogen-bond acceptors (Lipinski definition) is 3. The molecule has 2 fully saturated rings. The Morgan fingerprint density at radius 1 is 1.00 bits per heavy atom. The lowest BCUT2D eigenvalue weighted by Crippen LogP contribution is -2.46. The molecule has 2 aliphatic rings. The van der Waals surface area contributed by atoms with E-state index in [2.05, 4.69) is 0 Å². The Morgan fingerprint density at radius 3 is 2.10 bits per heavy atom. The van der Waals surface area contributed by atoms with Crippen molar-refractivity contribution in [1.29, 1.82) is 0 Å². The third-order valence-electron chi connectivity index (χ3n) is 4.82. The maximum atomic E-state index is 12.6. The van der Waals surface area contributed by atoms with Crippen molar-refractivity contribution in [2.24, 2.45) is 23.5 Å². The number of piperidine rings is 1. The first-order valence-corrected chi connectivity index (χ1v) is 7.79. The van der Waals surface area contributed by atoms with Gasteiger partial charge in [-0.3, -0.25) is 14.4 Å². The number of carbonyl (C=O) groups is 3.